The fourth-order valence-corrected chi connectivity index (χ4v) is 2.17. The van der Waals surface area contributed by atoms with Gasteiger partial charge in [-0.25, -0.2) is 0 Å². The minimum absolute atomic E-state index is 0. The van der Waals surface area contributed by atoms with Crippen molar-refractivity contribution >= 4 is 44.1 Å². The third-order valence-electron chi connectivity index (χ3n) is 1.99. The molecule has 0 amide bonds. The first kappa shape index (κ1) is 28.5. The standard InChI is InChI=1S/2C4H6O7S.Na.H/c2*5-3(6)1-2(4(7)8)12(9,10)11;;/h2*2H,1H2,(H,5,6)(H,7,8)(H,9,10,11);;/q;;+1;-1. The third-order valence-corrected chi connectivity index (χ3v) is 4.16. The molecule has 142 valence electrons. The predicted octanol–water partition coefficient (Wildman–Crippen LogP) is -5.28. The molecule has 0 bridgehead atoms. The second kappa shape index (κ2) is 11.3. The molecular formula is C8H13NaO14S2. The van der Waals surface area contributed by atoms with Gasteiger partial charge in [-0.05, 0) is 0 Å². The molecule has 0 fully saturated rings. The van der Waals surface area contributed by atoms with Crippen molar-refractivity contribution in [3.8, 4) is 0 Å². The van der Waals surface area contributed by atoms with Crippen molar-refractivity contribution < 1.29 is 96.5 Å². The van der Waals surface area contributed by atoms with Crippen molar-refractivity contribution in [1.29, 1.82) is 0 Å². The number of hydrogen-bond donors (Lipinski definition) is 6. The number of hydrogen-bond acceptors (Lipinski definition) is 8. The molecule has 0 aliphatic heterocycles. The van der Waals surface area contributed by atoms with Gasteiger partial charge in [0.25, 0.3) is 20.2 Å². The van der Waals surface area contributed by atoms with Crippen LogP contribution in [0.5, 0.6) is 0 Å². The topological polar surface area (TPSA) is 258 Å². The molecule has 0 spiro atoms. The van der Waals surface area contributed by atoms with Gasteiger partial charge in [-0.15, -0.1) is 0 Å². The molecular weight excluding hydrogens is 407 g/mol. The minimum atomic E-state index is -4.84. The van der Waals surface area contributed by atoms with Gasteiger partial charge in [0.15, 0.2) is 10.5 Å². The molecule has 0 heterocycles. The fourth-order valence-electron chi connectivity index (χ4n) is 0.957. The first-order valence-corrected chi connectivity index (χ1v) is 8.32. The summed E-state index contributed by atoms with van der Waals surface area (Å²) in [5.41, 5.74) is 0. The summed E-state index contributed by atoms with van der Waals surface area (Å²) in [6.07, 6.45) is -2.32. The van der Waals surface area contributed by atoms with E-state index in [4.69, 9.17) is 29.5 Å². The Morgan fingerprint density at radius 2 is 0.880 bits per heavy atom. The normalized spacial score (nSPS) is 13.2. The van der Waals surface area contributed by atoms with E-state index in [1.54, 1.807) is 0 Å². The third kappa shape index (κ3) is 13.6. The predicted molar refractivity (Wildman–Crippen MR) is 71.6 cm³/mol. The van der Waals surface area contributed by atoms with E-state index in [2.05, 4.69) is 0 Å². The maximum absolute atomic E-state index is 10.2. The maximum atomic E-state index is 10.2. The average Bonchev–Trinajstić information content (AvgIpc) is 2.30. The molecule has 0 aromatic rings. The molecule has 0 aromatic carbocycles. The summed E-state index contributed by atoms with van der Waals surface area (Å²) in [4.78, 5) is 40.0. The van der Waals surface area contributed by atoms with E-state index < -0.39 is 67.5 Å². The first-order chi connectivity index (χ1) is 10.5. The van der Waals surface area contributed by atoms with Gasteiger partial charge in [-0.3, -0.25) is 28.3 Å². The monoisotopic (exact) mass is 420 g/mol. The van der Waals surface area contributed by atoms with Gasteiger partial charge in [-0.2, -0.15) is 16.8 Å². The summed E-state index contributed by atoms with van der Waals surface area (Å²) in [5.74, 6) is -7.00. The Morgan fingerprint density at radius 3 is 0.920 bits per heavy atom. The van der Waals surface area contributed by atoms with Crippen LogP contribution in [0.15, 0.2) is 0 Å². The molecule has 0 aromatic heterocycles. The van der Waals surface area contributed by atoms with Crippen molar-refractivity contribution in [2.45, 2.75) is 23.3 Å². The number of carboxylic acids is 4. The molecule has 0 aliphatic rings. The summed E-state index contributed by atoms with van der Waals surface area (Å²) < 4.78 is 57.3. The van der Waals surface area contributed by atoms with Gasteiger partial charge in [0.2, 0.25) is 0 Å². The van der Waals surface area contributed by atoms with Crippen LogP contribution in [0.2, 0.25) is 0 Å². The zero-order chi connectivity index (χ0) is 19.9. The van der Waals surface area contributed by atoms with E-state index in [0.29, 0.717) is 0 Å². The van der Waals surface area contributed by atoms with Crippen molar-refractivity contribution in [1.82, 2.24) is 0 Å². The van der Waals surface area contributed by atoms with Crippen LogP contribution in [0.25, 0.3) is 0 Å². The van der Waals surface area contributed by atoms with Gasteiger partial charge in [0.1, 0.15) is 0 Å². The zero-order valence-electron chi connectivity index (χ0n) is 13.3. The van der Waals surface area contributed by atoms with Crippen LogP contribution >= 0.6 is 0 Å². The molecule has 17 heteroatoms. The van der Waals surface area contributed by atoms with E-state index in [9.17, 15) is 36.0 Å². The van der Waals surface area contributed by atoms with Gasteiger partial charge in [0, 0.05) is 0 Å². The molecule has 0 aliphatic carbocycles. The molecule has 25 heavy (non-hydrogen) atoms. The molecule has 2 unspecified atom stereocenters. The van der Waals surface area contributed by atoms with Crippen LogP contribution in [0, 0.1) is 0 Å². The van der Waals surface area contributed by atoms with Crippen LogP contribution in [-0.4, -0.2) is 80.7 Å². The number of carbonyl (C=O) groups is 4. The molecule has 0 rings (SSSR count). The summed E-state index contributed by atoms with van der Waals surface area (Å²) >= 11 is 0. The van der Waals surface area contributed by atoms with Crippen LogP contribution in [0.1, 0.15) is 14.3 Å². The van der Waals surface area contributed by atoms with E-state index in [1.165, 1.54) is 0 Å². The Bertz CT molecular complexity index is 651. The van der Waals surface area contributed by atoms with Gasteiger partial charge in [0.05, 0.1) is 12.8 Å². The molecule has 0 saturated carbocycles. The summed E-state index contributed by atoms with van der Waals surface area (Å²) in [7, 11) is -9.68. The van der Waals surface area contributed by atoms with Crippen molar-refractivity contribution in [3.05, 3.63) is 0 Å². The molecule has 2 atom stereocenters. The number of rotatable bonds is 8. The van der Waals surface area contributed by atoms with E-state index >= 15 is 0 Å². The van der Waals surface area contributed by atoms with Crippen LogP contribution in [-0.2, 0) is 39.4 Å². The Balaban J connectivity index is -0.000000173. The SMILES string of the molecule is O=C(O)CC(C(=O)O)S(=O)(=O)O.O=C(O)CC(C(=O)O)S(=O)(=O)O.[H-].[Na+]. The Hall–Kier alpha value is -1.30. The average molecular weight is 420 g/mol. The first-order valence-electron chi connectivity index (χ1n) is 5.32. The zero-order valence-corrected chi connectivity index (χ0v) is 16.0. The quantitative estimate of drug-likeness (QED) is 0.158. The summed E-state index contributed by atoms with van der Waals surface area (Å²) in [5, 5.41) is 27.8. The van der Waals surface area contributed by atoms with E-state index in [1.807, 2.05) is 0 Å². The fraction of sp³-hybridized carbons (Fsp3) is 0.500. The summed E-state index contributed by atoms with van der Waals surface area (Å²) in [6.45, 7) is 0. The van der Waals surface area contributed by atoms with Gasteiger partial charge >= 0.3 is 53.4 Å². The minimum Gasteiger partial charge on any atom is -1.00 e. The Kier molecular flexibility index (Phi) is 12.9. The van der Waals surface area contributed by atoms with Gasteiger partial charge < -0.3 is 21.9 Å². The second-order valence-electron chi connectivity index (χ2n) is 3.88. The Labute approximate surface area is 163 Å². The molecule has 0 saturated heterocycles. The molecule has 0 radical (unpaired) electrons. The van der Waals surface area contributed by atoms with Crippen LogP contribution in [0.4, 0.5) is 0 Å². The number of aliphatic carboxylic acids is 4. The largest absolute Gasteiger partial charge is 1.00 e. The van der Waals surface area contributed by atoms with E-state index in [0.717, 1.165) is 0 Å². The van der Waals surface area contributed by atoms with Crippen LogP contribution in [0.3, 0.4) is 0 Å². The van der Waals surface area contributed by atoms with Crippen molar-refractivity contribution in [2.75, 3.05) is 0 Å². The smallest absolute Gasteiger partial charge is 1.00 e. The van der Waals surface area contributed by atoms with Crippen molar-refractivity contribution in [2.24, 2.45) is 0 Å². The van der Waals surface area contributed by atoms with Crippen LogP contribution < -0.4 is 29.6 Å². The Morgan fingerprint density at radius 1 is 0.680 bits per heavy atom. The number of carboxylic acid groups (broad SMARTS) is 4. The van der Waals surface area contributed by atoms with Crippen molar-refractivity contribution in [3.63, 3.8) is 0 Å². The second-order valence-corrected chi connectivity index (χ2v) is 7.08. The van der Waals surface area contributed by atoms with Gasteiger partial charge in [-0.1, -0.05) is 0 Å². The molecule has 14 nitrogen and oxygen atoms in total. The maximum Gasteiger partial charge on any atom is 1.00 e. The van der Waals surface area contributed by atoms with E-state index in [-0.39, 0.29) is 31.0 Å². The summed E-state index contributed by atoms with van der Waals surface area (Å²) in [6, 6.07) is 0. The molecule has 6 N–H and O–H groups in total.